The van der Waals surface area contributed by atoms with Gasteiger partial charge in [0.15, 0.2) is 11.5 Å². The van der Waals surface area contributed by atoms with E-state index in [4.69, 9.17) is 21.1 Å². The van der Waals surface area contributed by atoms with Crippen LogP contribution in [0, 0.1) is 5.92 Å². The van der Waals surface area contributed by atoms with E-state index in [2.05, 4.69) is 5.32 Å². The third-order valence-electron chi connectivity index (χ3n) is 4.92. The quantitative estimate of drug-likeness (QED) is 0.596. The number of amides is 2. The summed E-state index contributed by atoms with van der Waals surface area (Å²) < 4.78 is 10.6. The van der Waals surface area contributed by atoms with Crippen molar-refractivity contribution in [3.05, 3.63) is 58.6 Å². The van der Waals surface area contributed by atoms with E-state index in [0.29, 0.717) is 35.5 Å². The average Bonchev–Trinajstić information content (AvgIpc) is 2.76. The first-order chi connectivity index (χ1) is 14.7. The topological polar surface area (TPSA) is 67.9 Å². The van der Waals surface area contributed by atoms with Crippen LogP contribution in [0.4, 0.5) is 0 Å². The molecule has 168 valence electrons. The van der Waals surface area contributed by atoms with Crippen LogP contribution in [0.2, 0.25) is 5.02 Å². The van der Waals surface area contributed by atoms with Gasteiger partial charge in [0.25, 0.3) is 0 Å². The van der Waals surface area contributed by atoms with Crippen molar-refractivity contribution < 1.29 is 19.1 Å². The van der Waals surface area contributed by atoms with Gasteiger partial charge in [-0.1, -0.05) is 43.6 Å². The Morgan fingerprint density at radius 1 is 0.968 bits per heavy atom. The van der Waals surface area contributed by atoms with Gasteiger partial charge in [-0.2, -0.15) is 0 Å². The van der Waals surface area contributed by atoms with Gasteiger partial charge in [0.05, 0.1) is 20.6 Å². The highest BCUT2D eigenvalue weighted by Crippen LogP contribution is 2.28. The third-order valence-corrected chi connectivity index (χ3v) is 5.17. The third kappa shape index (κ3) is 7.17. The summed E-state index contributed by atoms with van der Waals surface area (Å²) >= 11 is 5.99. The van der Waals surface area contributed by atoms with E-state index >= 15 is 0 Å². The Kier molecular flexibility index (Phi) is 9.19. The van der Waals surface area contributed by atoms with E-state index in [1.165, 1.54) is 0 Å². The second kappa shape index (κ2) is 11.6. The molecule has 0 radical (unpaired) electrons. The van der Waals surface area contributed by atoms with Gasteiger partial charge in [0.1, 0.15) is 6.04 Å². The number of carbonyl (C=O) groups excluding carboxylic acids is 2. The predicted molar refractivity (Wildman–Crippen MR) is 123 cm³/mol. The van der Waals surface area contributed by atoms with Crippen molar-refractivity contribution in [2.75, 3.05) is 20.8 Å². The summed E-state index contributed by atoms with van der Waals surface area (Å²) in [6.45, 7) is 6.66. The zero-order valence-electron chi connectivity index (χ0n) is 18.8. The second-order valence-corrected chi connectivity index (χ2v) is 8.27. The Labute approximate surface area is 189 Å². The monoisotopic (exact) mass is 446 g/mol. The maximum atomic E-state index is 13.3. The summed E-state index contributed by atoms with van der Waals surface area (Å²) in [7, 11) is 3.12. The Balaban J connectivity index is 2.24. The van der Waals surface area contributed by atoms with Crippen LogP contribution in [-0.2, 0) is 22.6 Å². The number of hydrogen-bond acceptors (Lipinski definition) is 4. The molecule has 0 aliphatic rings. The lowest BCUT2D eigenvalue weighted by Crippen LogP contribution is -2.48. The average molecular weight is 447 g/mol. The normalized spacial score (nSPS) is 11.7. The zero-order valence-corrected chi connectivity index (χ0v) is 19.5. The SMILES string of the molecule is COc1ccc(CC(=O)N(Cc2ccc(Cl)cc2)[C@@H](C)C(=O)NCC(C)C)cc1OC. The van der Waals surface area contributed by atoms with Gasteiger partial charge in [-0.3, -0.25) is 9.59 Å². The molecular formula is C24H31ClN2O4. The van der Waals surface area contributed by atoms with Crippen molar-refractivity contribution in [2.24, 2.45) is 5.92 Å². The predicted octanol–water partition coefficient (Wildman–Crippen LogP) is 4.09. The van der Waals surface area contributed by atoms with E-state index in [9.17, 15) is 9.59 Å². The first-order valence-electron chi connectivity index (χ1n) is 10.3. The lowest BCUT2D eigenvalue weighted by atomic mass is 10.1. The maximum absolute atomic E-state index is 13.3. The molecule has 0 aliphatic heterocycles. The van der Waals surface area contributed by atoms with Crippen LogP contribution in [0.25, 0.3) is 0 Å². The van der Waals surface area contributed by atoms with E-state index in [-0.39, 0.29) is 18.2 Å². The molecule has 0 bridgehead atoms. The van der Waals surface area contributed by atoms with Gasteiger partial charge < -0.3 is 19.7 Å². The minimum atomic E-state index is -0.623. The smallest absolute Gasteiger partial charge is 0.242 e. The van der Waals surface area contributed by atoms with Crippen LogP contribution in [0.3, 0.4) is 0 Å². The summed E-state index contributed by atoms with van der Waals surface area (Å²) in [4.78, 5) is 27.6. The molecule has 0 heterocycles. The van der Waals surface area contributed by atoms with E-state index in [1.54, 1.807) is 50.3 Å². The summed E-state index contributed by atoms with van der Waals surface area (Å²) in [5.74, 6) is 1.14. The molecule has 0 aliphatic carbocycles. The number of benzene rings is 2. The van der Waals surface area contributed by atoms with Crippen LogP contribution >= 0.6 is 11.6 Å². The van der Waals surface area contributed by atoms with Crippen molar-refractivity contribution in [3.63, 3.8) is 0 Å². The number of rotatable bonds is 10. The number of ether oxygens (including phenoxy) is 2. The van der Waals surface area contributed by atoms with Gasteiger partial charge >= 0.3 is 0 Å². The lowest BCUT2D eigenvalue weighted by Gasteiger charge is -2.29. The number of methoxy groups -OCH3 is 2. The molecule has 0 unspecified atom stereocenters. The van der Waals surface area contributed by atoms with Crippen molar-refractivity contribution in [2.45, 2.75) is 39.8 Å². The lowest BCUT2D eigenvalue weighted by molar-refractivity contribution is -0.140. The number of carbonyl (C=O) groups is 2. The molecule has 2 aromatic rings. The molecular weight excluding hydrogens is 416 g/mol. The highest BCUT2D eigenvalue weighted by atomic mass is 35.5. The molecule has 7 heteroatoms. The van der Waals surface area contributed by atoms with Crippen LogP contribution in [0.15, 0.2) is 42.5 Å². The summed E-state index contributed by atoms with van der Waals surface area (Å²) in [5.41, 5.74) is 1.67. The van der Waals surface area contributed by atoms with E-state index in [0.717, 1.165) is 11.1 Å². The fraction of sp³-hybridized carbons (Fsp3) is 0.417. The molecule has 31 heavy (non-hydrogen) atoms. The number of halogens is 1. The maximum Gasteiger partial charge on any atom is 0.242 e. The molecule has 0 saturated carbocycles. The van der Waals surface area contributed by atoms with Crippen LogP contribution in [0.5, 0.6) is 11.5 Å². The van der Waals surface area contributed by atoms with Gasteiger partial charge in [-0.15, -0.1) is 0 Å². The standard InChI is InChI=1S/C24H31ClN2O4/c1-16(2)14-26-24(29)17(3)27(15-18-6-9-20(25)10-7-18)23(28)13-19-8-11-21(30-4)22(12-19)31-5/h6-12,16-17H,13-15H2,1-5H3,(H,26,29)/t17-/m0/s1. The summed E-state index contributed by atoms with van der Waals surface area (Å²) in [5, 5.41) is 3.54. The van der Waals surface area contributed by atoms with Crippen molar-refractivity contribution in [3.8, 4) is 11.5 Å². The Morgan fingerprint density at radius 3 is 2.16 bits per heavy atom. The molecule has 0 aromatic heterocycles. The van der Waals surface area contributed by atoms with Gasteiger partial charge in [-0.25, -0.2) is 0 Å². The van der Waals surface area contributed by atoms with Crippen LogP contribution in [0.1, 0.15) is 31.9 Å². The molecule has 1 N–H and O–H groups in total. The number of nitrogens with one attached hydrogen (secondary N) is 1. The van der Waals surface area contributed by atoms with Crippen LogP contribution < -0.4 is 14.8 Å². The van der Waals surface area contributed by atoms with Gasteiger partial charge in [0, 0.05) is 18.1 Å². The van der Waals surface area contributed by atoms with E-state index in [1.807, 2.05) is 32.0 Å². The molecule has 6 nitrogen and oxygen atoms in total. The zero-order chi connectivity index (χ0) is 23.0. The van der Waals surface area contributed by atoms with Gasteiger partial charge in [-0.05, 0) is 48.2 Å². The first-order valence-corrected chi connectivity index (χ1v) is 10.7. The Bertz CT molecular complexity index is 884. The Hall–Kier alpha value is -2.73. The van der Waals surface area contributed by atoms with Crippen LogP contribution in [-0.4, -0.2) is 43.5 Å². The highest BCUT2D eigenvalue weighted by Gasteiger charge is 2.26. The molecule has 0 fully saturated rings. The molecule has 1 atom stereocenters. The fourth-order valence-electron chi connectivity index (χ4n) is 3.09. The number of nitrogens with zero attached hydrogens (tertiary/aromatic N) is 1. The van der Waals surface area contributed by atoms with E-state index < -0.39 is 6.04 Å². The summed E-state index contributed by atoms with van der Waals surface area (Å²) in [6, 6.07) is 12.0. The van der Waals surface area contributed by atoms with Crippen molar-refractivity contribution >= 4 is 23.4 Å². The van der Waals surface area contributed by atoms with Gasteiger partial charge in [0.2, 0.25) is 11.8 Å². The highest BCUT2D eigenvalue weighted by molar-refractivity contribution is 6.30. The summed E-state index contributed by atoms with van der Waals surface area (Å²) in [6.07, 6.45) is 0.135. The second-order valence-electron chi connectivity index (χ2n) is 7.83. The fourth-order valence-corrected chi connectivity index (χ4v) is 3.21. The van der Waals surface area contributed by atoms with Crippen molar-refractivity contribution in [1.82, 2.24) is 10.2 Å². The molecule has 2 aromatic carbocycles. The van der Waals surface area contributed by atoms with Crippen molar-refractivity contribution in [1.29, 1.82) is 0 Å². The molecule has 2 rings (SSSR count). The first kappa shape index (κ1) is 24.5. The largest absolute Gasteiger partial charge is 0.493 e. The minimum absolute atomic E-state index is 0.135. The molecule has 2 amide bonds. The Morgan fingerprint density at radius 2 is 1.58 bits per heavy atom. The minimum Gasteiger partial charge on any atom is -0.493 e. The molecule has 0 spiro atoms. The number of hydrogen-bond donors (Lipinski definition) is 1. The molecule has 0 saturated heterocycles.